The lowest BCUT2D eigenvalue weighted by Crippen LogP contribution is -2.32. The van der Waals surface area contributed by atoms with Gasteiger partial charge in [0.25, 0.3) is 11.7 Å². The lowest BCUT2D eigenvalue weighted by Gasteiger charge is -2.26. The Morgan fingerprint density at radius 2 is 1.87 bits per heavy atom. The maximum atomic E-state index is 13.3. The molecule has 3 rings (SSSR count). The van der Waals surface area contributed by atoms with Crippen LogP contribution in [-0.4, -0.2) is 60.9 Å². The molecule has 0 spiro atoms. The van der Waals surface area contributed by atoms with Crippen molar-refractivity contribution in [2.24, 2.45) is 0 Å². The van der Waals surface area contributed by atoms with Gasteiger partial charge in [-0.2, -0.15) is 0 Å². The van der Waals surface area contributed by atoms with Gasteiger partial charge in [0.1, 0.15) is 17.3 Å². The van der Waals surface area contributed by atoms with Crippen molar-refractivity contribution in [2.75, 3.05) is 34.3 Å². The van der Waals surface area contributed by atoms with Gasteiger partial charge in [-0.05, 0) is 69.0 Å². The molecule has 0 aliphatic carbocycles. The largest absolute Gasteiger partial charge is 0.507 e. The van der Waals surface area contributed by atoms with Crippen LogP contribution < -0.4 is 4.74 Å². The number of aliphatic hydroxyl groups excluding tert-OH is 1. The van der Waals surface area contributed by atoms with Gasteiger partial charge in [0.15, 0.2) is 0 Å². The van der Waals surface area contributed by atoms with E-state index in [4.69, 9.17) is 4.74 Å². The third-order valence-electron chi connectivity index (χ3n) is 5.07. The zero-order chi connectivity index (χ0) is 21.8. The second-order valence-corrected chi connectivity index (χ2v) is 7.43. The highest BCUT2D eigenvalue weighted by Gasteiger charge is 2.45. The summed E-state index contributed by atoms with van der Waals surface area (Å²) < 4.78 is 18.6. The number of ketones is 1. The van der Waals surface area contributed by atoms with Crippen LogP contribution in [0.4, 0.5) is 4.39 Å². The quantitative estimate of drug-likeness (QED) is 0.430. The number of nitrogens with zero attached hydrogens (tertiary/aromatic N) is 2. The van der Waals surface area contributed by atoms with E-state index in [1.165, 1.54) is 36.3 Å². The number of rotatable bonds is 7. The fourth-order valence-electron chi connectivity index (χ4n) is 3.59. The normalized spacial score (nSPS) is 18.3. The van der Waals surface area contributed by atoms with Crippen molar-refractivity contribution < 1.29 is 23.8 Å². The van der Waals surface area contributed by atoms with E-state index in [1.807, 2.05) is 19.0 Å². The van der Waals surface area contributed by atoms with Crippen LogP contribution in [-0.2, 0) is 9.59 Å². The number of hydrogen-bond acceptors (Lipinski definition) is 5. The van der Waals surface area contributed by atoms with Crippen molar-refractivity contribution in [3.63, 3.8) is 0 Å². The summed E-state index contributed by atoms with van der Waals surface area (Å²) in [6.07, 6.45) is 0.664. The molecule has 1 amide bonds. The number of amides is 1. The number of likely N-dealkylation sites (tertiary alicyclic amines) is 1. The summed E-state index contributed by atoms with van der Waals surface area (Å²) in [5, 5.41) is 10.9. The third-order valence-corrected chi connectivity index (χ3v) is 5.07. The highest BCUT2D eigenvalue weighted by Crippen LogP contribution is 2.40. The van der Waals surface area contributed by atoms with E-state index >= 15 is 0 Å². The molecule has 0 radical (unpaired) electrons. The highest BCUT2D eigenvalue weighted by atomic mass is 19.1. The van der Waals surface area contributed by atoms with Gasteiger partial charge in [-0.15, -0.1) is 0 Å². The SMILES string of the molecule is COc1cccc(C2/C(=C(\O)c3ccc(F)cc3)C(=O)C(=O)N2CCCN(C)C)c1. The van der Waals surface area contributed by atoms with Gasteiger partial charge in [-0.3, -0.25) is 9.59 Å². The van der Waals surface area contributed by atoms with Crippen molar-refractivity contribution in [1.29, 1.82) is 0 Å². The Morgan fingerprint density at radius 3 is 2.50 bits per heavy atom. The number of hydrogen-bond donors (Lipinski definition) is 1. The molecule has 1 N–H and O–H groups in total. The molecular formula is C23H25FN2O4. The standard InChI is InChI=1S/C23H25FN2O4/c1-25(2)12-5-13-26-20(16-6-4-7-18(14-16)30-3)19(22(28)23(26)29)21(27)15-8-10-17(24)11-9-15/h4,6-11,14,20,27H,5,12-13H2,1-3H3/b21-19+. The minimum atomic E-state index is -0.757. The molecule has 1 saturated heterocycles. The van der Waals surface area contributed by atoms with Crippen LogP contribution in [0.3, 0.4) is 0 Å². The number of methoxy groups -OCH3 is 1. The van der Waals surface area contributed by atoms with Gasteiger partial charge >= 0.3 is 0 Å². The molecule has 6 nitrogen and oxygen atoms in total. The molecule has 7 heteroatoms. The van der Waals surface area contributed by atoms with Gasteiger partial charge in [0, 0.05) is 12.1 Å². The smallest absolute Gasteiger partial charge is 0.295 e. The van der Waals surface area contributed by atoms with E-state index in [0.717, 1.165) is 6.54 Å². The van der Waals surface area contributed by atoms with Crippen LogP contribution in [0, 0.1) is 5.82 Å². The number of carbonyl (C=O) groups excluding carboxylic acids is 2. The van der Waals surface area contributed by atoms with E-state index < -0.39 is 23.5 Å². The van der Waals surface area contributed by atoms with E-state index in [1.54, 1.807) is 24.3 Å². The Hall–Kier alpha value is -3.19. The molecule has 30 heavy (non-hydrogen) atoms. The third kappa shape index (κ3) is 4.36. The van der Waals surface area contributed by atoms with E-state index in [0.29, 0.717) is 24.3 Å². The number of aliphatic hydroxyl groups is 1. The number of Topliss-reactive ketones (excluding diaryl/α,β-unsaturated/α-hetero) is 1. The Bertz CT molecular complexity index is 969. The number of carbonyl (C=O) groups is 2. The van der Waals surface area contributed by atoms with Crippen LogP contribution in [0.2, 0.25) is 0 Å². The maximum Gasteiger partial charge on any atom is 0.295 e. The predicted octanol–water partition coefficient (Wildman–Crippen LogP) is 3.21. The fraction of sp³-hybridized carbons (Fsp3) is 0.304. The molecule has 1 atom stereocenters. The summed E-state index contributed by atoms with van der Waals surface area (Å²) in [6, 6.07) is 11.5. The van der Waals surface area contributed by atoms with Crippen molar-refractivity contribution >= 4 is 17.4 Å². The average molecular weight is 412 g/mol. The van der Waals surface area contributed by atoms with E-state index in [9.17, 15) is 19.1 Å². The second-order valence-electron chi connectivity index (χ2n) is 7.43. The van der Waals surface area contributed by atoms with Crippen molar-refractivity contribution in [3.05, 3.63) is 71.0 Å². The second kappa shape index (κ2) is 9.09. The topological polar surface area (TPSA) is 70.1 Å². The Kier molecular flexibility index (Phi) is 6.52. The molecule has 1 fully saturated rings. The molecule has 0 saturated carbocycles. The van der Waals surface area contributed by atoms with E-state index in [2.05, 4.69) is 0 Å². The summed E-state index contributed by atoms with van der Waals surface area (Å²) in [4.78, 5) is 29.2. The zero-order valence-corrected chi connectivity index (χ0v) is 17.3. The summed E-state index contributed by atoms with van der Waals surface area (Å²) >= 11 is 0. The molecule has 1 aliphatic rings. The van der Waals surface area contributed by atoms with Crippen molar-refractivity contribution in [3.8, 4) is 5.75 Å². The fourth-order valence-corrected chi connectivity index (χ4v) is 3.59. The molecule has 1 heterocycles. The molecule has 2 aromatic rings. The molecule has 0 bridgehead atoms. The average Bonchev–Trinajstić information content (AvgIpc) is 2.98. The van der Waals surface area contributed by atoms with Crippen LogP contribution in [0.25, 0.3) is 5.76 Å². The number of ether oxygens (including phenoxy) is 1. The molecule has 158 valence electrons. The Labute approximate surface area is 175 Å². The zero-order valence-electron chi connectivity index (χ0n) is 17.3. The summed E-state index contributed by atoms with van der Waals surface area (Å²) in [6.45, 7) is 1.09. The maximum absolute atomic E-state index is 13.3. The number of halogens is 1. The van der Waals surface area contributed by atoms with Crippen molar-refractivity contribution in [2.45, 2.75) is 12.5 Å². The molecule has 1 aliphatic heterocycles. The minimum Gasteiger partial charge on any atom is -0.507 e. The van der Waals surface area contributed by atoms with Crippen LogP contribution in [0.15, 0.2) is 54.1 Å². The molecule has 0 aromatic heterocycles. The van der Waals surface area contributed by atoms with Crippen LogP contribution in [0.1, 0.15) is 23.6 Å². The first-order valence-electron chi connectivity index (χ1n) is 9.66. The summed E-state index contributed by atoms with van der Waals surface area (Å²) in [5.74, 6) is -1.62. The first-order chi connectivity index (χ1) is 14.3. The van der Waals surface area contributed by atoms with Gasteiger partial charge in [0.2, 0.25) is 0 Å². The molecular weight excluding hydrogens is 387 g/mol. The van der Waals surface area contributed by atoms with Gasteiger partial charge in [0.05, 0.1) is 18.7 Å². The van der Waals surface area contributed by atoms with E-state index in [-0.39, 0.29) is 16.9 Å². The number of benzene rings is 2. The lowest BCUT2D eigenvalue weighted by molar-refractivity contribution is -0.139. The van der Waals surface area contributed by atoms with Gasteiger partial charge in [-0.1, -0.05) is 12.1 Å². The van der Waals surface area contributed by atoms with Crippen molar-refractivity contribution in [1.82, 2.24) is 9.80 Å². The first kappa shape index (κ1) is 21.5. The summed E-state index contributed by atoms with van der Waals surface area (Å²) in [5.41, 5.74) is 0.919. The first-order valence-corrected chi connectivity index (χ1v) is 9.66. The molecule has 2 aromatic carbocycles. The molecule has 1 unspecified atom stereocenters. The lowest BCUT2D eigenvalue weighted by atomic mass is 9.95. The van der Waals surface area contributed by atoms with Crippen LogP contribution in [0.5, 0.6) is 5.75 Å². The Morgan fingerprint density at radius 1 is 1.17 bits per heavy atom. The minimum absolute atomic E-state index is 0.00952. The monoisotopic (exact) mass is 412 g/mol. The van der Waals surface area contributed by atoms with Gasteiger partial charge < -0.3 is 19.6 Å². The Balaban J connectivity index is 2.10. The predicted molar refractivity (Wildman–Crippen MR) is 112 cm³/mol. The summed E-state index contributed by atoms with van der Waals surface area (Å²) in [7, 11) is 5.40. The van der Waals surface area contributed by atoms with Crippen LogP contribution >= 0.6 is 0 Å². The van der Waals surface area contributed by atoms with Gasteiger partial charge in [-0.25, -0.2) is 4.39 Å². The highest BCUT2D eigenvalue weighted by molar-refractivity contribution is 6.46.